The van der Waals surface area contributed by atoms with E-state index in [-0.39, 0.29) is 61.1 Å². The first-order valence-corrected chi connectivity index (χ1v) is 31.5. The number of hydroxylamine groups is 2. The molecule has 3 rings (SSSR count). The number of aliphatic imine (C=N–C) groups is 2. The number of nitrogens with zero attached hydrogens (tertiary/aromatic N) is 3. The first kappa shape index (κ1) is 77.7. The quantitative estimate of drug-likeness (QED) is 0.0179. The zero-order chi connectivity index (χ0) is 59.8. The number of allylic oxidation sites excluding steroid dienone is 1. The molecule has 11 N–H and O–H groups in total. The van der Waals surface area contributed by atoms with E-state index in [4.69, 9.17) is 26.7 Å². The number of ketones is 1. The summed E-state index contributed by atoms with van der Waals surface area (Å²) >= 11 is 3.81. The van der Waals surface area contributed by atoms with Crippen molar-refractivity contribution in [2.24, 2.45) is 36.3 Å². The molecule has 3 aliphatic heterocycles. The Labute approximate surface area is 451 Å². The Kier molecular flexibility index (Phi) is 43.2. The first-order chi connectivity index (χ1) is 34.8. The van der Waals surface area contributed by atoms with Gasteiger partial charge in [-0.05, 0) is 37.0 Å². The van der Waals surface area contributed by atoms with Gasteiger partial charge in [0.15, 0.2) is 0 Å². The van der Waals surface area contributed by atoms with Crippen LogP contribution in [-0.4, -0.2) is 175 Å². The Hall–Kier alpha value is -4.83. The fourth-order valence-electron chi connectivity index (χ4n) is 4.26. The SMILES string of the molecule is COC(=O)CCS.COC(=O)CCS(=O)(=O)Cl.COC(=O)CCS(N)(=O)=O.NCCC1=CN=CC1.NS(=O)(=O)CCC(=O)CCCC1=CN=CC1.NS(=O)(=O)CCC(=O)O.NS(=O)(=O)CCC(=O)ON1C(=O)CCC1=O. The van der Waals surface area contributed by atoms with Crippen LogP contribution in [0, 0.1) is 0 Å². The van der Waals surface area contributed by atoms with E-state index >= 15 is 0 Å². The second-order valence-electron chi connectivity index (χ2n) is 14.7. The van der Waals surface area contributed by atoms with Gasteiger partial charge in [0.25, 0.3) is 11.8 Å². The maximum absolute atomic E-state index is 11.3. The number of carbonyl (C=O) groups excluding carboxylic acids is 7. The predicted octanol–water partition coefficient (Wildman–Crippen LogP) is -2.09. The molecule has 0 atom stereocenters. The molecule has 0 aromatic carbocycles. The van der Waals surface area contributed by atoms with Gasteiger partial charge >= 0.3 is 29.8 Å². The summed E-state index contributed by atoms with van der Waals surface area (Å²) in [6.45, 7) is 0.745. The number of ether oxygens (including phenoxy) is 3. The van der Waals surface area contributed by atoms with Gasteiger partial charge in [0.2, 0.25) is 49.1 Å². The molecule has 1 fully saturated rings. The number of esters is 3. The number of hydrogen-bond donors (Lipinski definition) is 7. The lowest BCUT2D eigenvalue weighted by Crippen LogP contribution is -2.33. The van der Waals surface area contributed by atoms with Crippen LogP contribution in [0.5, 0.6) is 0 Å². The molecule has 440 valence electrons. The summed E-state index contributed by atoms with van der Waals surface area (Å²) in [4.78, 5) is 97.2. The van der Waals surface area contributed by atoms with Gasteiger partial charge in [-0.1, -0.05) is 0 Å². The third-order valence-corrected chi connectivity index (χ3v) is 12.5. The third kappa shape index (κ3) is 58.4. The highest BCUT2D eigenvalue weighted by Crippen LogP contribution is 2.15. The van der Waals surface area contributed by atoms with Gasteiger partial charge in [-0.3, -0.25) is 43.5 Å². The number of amides is 2. The van der Waals surface area contributed by atoms with E-state index in [9.17, 15) is 80.4 Å². The molecule has 3 aliphatic rings. The van der Waals surface area contributed by atoms with E-state index in [0.29, 0.717) is 23.7 Å². The van der Waals surface area contributed by atoms with Gasteiger partial charge in [0, 0.05) is 79.8 Å². The van der Waals surface area contributed by atoms with Crippen molar-refractivity contribution in [2.45, 2.75) is 89.9 Å². The predicted molar refractivity (Wildman–Crippen MR) is 279 cm³/mol. The number of carbonyl (C=O) groups is 8. The summed E-state index contributed by atoms with van der Waals surface area (Å²) in [6.07, 6.45) is 11.4. The molecule has 0 aromatic rings. The van der Waals surface area contributed by atoms with Gasteiger partial charge in [-0.15, -0.1) is 5.06 Å². The van der Waals surface area contributed by atoms with E-state index < -0.39 is 109 Å². The highest BCUT2D eigenvalue weighted by molar-refractivity contribution is 8.13. The number of carboxylic acids is 1. The van der Waals surface area contributed by atoms with Crippen molar-refractivity contribution >= 4 is 132 Å². The van der Waals surface area contributed by atoms with Gasteiger partial charge in [0.05, 0.1) is 82.2 Å². The number of hydrogen-bond acceptors (Lipinski definition) is 26. The zero-order valence-electron chi connectivity index (χ0n) is 41.7. The van der Waals surface area contributed by atoms with Crippen LogP contribution in [-0.2, 0) is 107 Å². The van der Waals surface area contributed by atoms with Crippen LogP contribution in [0.1, 0.15) is 89.9 Å². The number of nitrogens with two attached hydrogens (primary N) is 5. The number of rotatable bonds is 24. The zero-order valence-corrected chi connectivity index (χ0v) is 47.4. The molecule has 0 aromatic heterocycles. The molecule has 0 unspecified atom stereocenters. The van der Waals surface area contributed by atoms with Crippen LogP contribution in [0.2, 0.25) is 0 Å². The van der Waals surface area contributed by atoms with Crippen LogP contribution in [0.15, 0.2) is 33.5 Å². The van der Waals surface area contributed by atoms with Crippen molar-refractivity contribution in [1.82, 2.24) is 5.06 Å². The molecule has 0 aliphatic carbocycles. The Morgan fingerprint density at radius 2 is 0.961 bits per heavy atom. The molecule has 0 radical (unpaired) electrons. The number of thiol groups is 1. The molecule has 0 saturated carbocycles. The molecule has 1 saturated heterocycles. The molecule has 38 heteroatoms. The summed E-state index contributed by atoms with van der Waals surface area (Å²) < 4.78 is 116. The lowest BCUT2D eigenvalue weighted by atomic mass is 10.1. The Balaban J connectivity index is -0.000000407. The van der Waals surface area contributed by atoms with E-state index in [2.05, 4.69) is 57.1 Å². The smallest absolute Gasteiger partial charge is 0.334 e. The molecule has 76 heavy (non-hydrogen) atoms. The largest absolute Gasteiger partial charge is 0.481 e. The van der Waals surface area contributed by atoms with Gasteiger partial charge in [-0.25, -0.2) is 67.4 Å². The minimum absolute atomic E-state index is 0.0126. The molecule has 0 bridgehead atoms. The van der Waals surface area contributed by atoms with Crippen LogP contribution < -0.4 is 26.3 Å². The number of sulfonamides is 4. The Morgan fingerprint density at radius 1 is 0.592 bits per heavy atom. The van der Waals surface area contributed by atoms with Crippen molar-refractivity contribution in [3.8, 4) is 0 Å². The Bertz CT molecular complexity index is 2530. The lowest BCUT2D eigenvalue weighted by Gasteiger charge is -2.11. The first-order valence-electron chi connectivity index (χ1n) is 21.5. The topological polar surface area (TPSA) is 522 Å². The number of carboxylic acid groups (broad SMARTS) is 1. The maximum Gasteiger partial charge on any atom is 0.334 e. The fraction of sp³-hybridized carbons (Fsp3) is 0.632. The van der Waals surface area contributed by atoms with E-state index in [1.807, 2.05) is 24.8 Å². The van der Waals surface area contributed by atoms with Crippen LogP contribution in [0.3, 0.4) is 0 Å². The summed E-state index contributed by atoms with van der Waals surface area (Å²) in [5, 5.41) is 26.9. The summed E-state index contributed by atoms with van der Waals surface area (Å²) in [5.74, 6) is -6.30. The standard InChI is InChI=1S/C10H16N2O3S.C7H10N2O6S.C6H10N2.C4H7ClO4S.C4H9NO4S.C4H8O2S.C3H7NO4S/c11-16(14,15)7-5-10(13)3-1-2-9-4-6-12-8-9;8-16(13,14)4-3-7(12)15-9-5(10)1-2-6(9)11;7-3-1-6-2-4-8-5-6;2*1-9-4(6)2-3-10(5,7)8;1-6-4(5)2-3-7;4-9(7,8)2-1-3(5)6/h6,8H,1-5,7H2,(H2,11,14,15);1-4H2,(H2,8,13,14);4-5H,1-3,7H2;2-3H2,1H3;2-3H2,1H3,(H2,5,7,8);7H,2-3H2,1H3;1-2H2,(H,5,6)(H2,4,7,8). The normalized spacial score (nSPS) is 13.5. The third-order valence-electron chi connectivity index (χ3n) is 8.05. The molecule has 0 spiro atoms. The number of Topliss-reactive ketones (excluding diaryl/α,β-unsaturated/α-hetero) is 1. The molecular weight excluding hydrogens is 1160 g/mol. The van der Waals surface area contributed by atoms with Gasteiger partial charge in [-0.2, -0.15) is 12.6 Å². The van der Waals surface area contributed by atoms with Gasteiger partial charge in [0.1, 0.15) is 5.78 Å². The van der Waals surface area contributed by atoms with Crippen LogP contribution >= 0.6 is 23.3 Å². The molecule has 2 amide bonds. The summed E-state index contributed by atoms with van der Waals surface area (Å²) in [7, 11) is -9.43. The number of primary sulfonamides is 4. The average Bonchev–Trinajstić information content (AvgIpc) is 4.10. The number of halogens is 1. The van der Waals surface area contributed by atoms with Crippen molar-refractivity contribution in [1.29, 1.82) is 0 Å². The minimum atomic E-state index is -3.77. The van der Waals surface area contributed by atoms with Gasteiger partial charge < -0.3 is 29.9 Å². The van der Waals surface area contributed by atoms with E-state index in [1.165, 1.54) is 32.5 Å². The number of aliphatic carboxylic acids is 1. The Morgan fingerprint density at radius 3 is 1.28 bits per heavy atom. The van der Waals surface area contributed by atoms with Crippen LogP contribution in [0.4, 0.5) is 0 Å². The number of methoxy groups -OCH3 is 3. The van der Waals surface area contributed by atoms with Crippen molar-refractivity contribution < 1.29 is 105 Å². The average molecular weight is 1230 g/mol. The summed E-state index contributed by atoms with van der Waals surface area (Å²) in [6, 6.07) is 0. The second kappa shape index (κ2) is 42.2. The van der Waals surface area contributed by atoms with E-state index in [1.54, 1.807) is 0 Å². The molecule has 31 nitrogen and oxygen atoms in total. The number of imide groups is 1. The lowest BCUT2D eigenvalue weighted by molar-refractivity contribution is -0.197. The molecule has 3 heterocycles. The highest BCUT2D eigenvalue weighted by Gasteiger charge is 2.33. The fourth-order valence-corrected chi connectivity index (χ4v) is 6.96. The van der Waals surface area contributed by atoms with Crippen molar-refractivity contribution in [3.05, 3.63) is 23.5 Å². The maximum atomic E-state index is 11.3. The van der Waals surface area contributed by atoms with Crippen molar-refractivity contribution in [3.63, 3.8) is 0 Å². The van der Waals surface area contributed by atoms with Crippen molar-refractivity contribution in [2.75, 3.05) is 62.4 Å². The minimum Gasteiger partial charge on any atom is -0.481 e. The van der Waals surface area contributed by atoms with E-state index in [0.717, 1.165) is 38.6 Å². The summed E-state index contributed by atoms with van der Waals surface area (Å²) in [5.41, 5.74) is 7.89. The van der Waals surface area contributed by atoms with Crippen LogP contribution in [0.25, 0.3) is 0 Å². The monoisotopic (exact) mass is 1230 g/mol. The highest BCUT2D eigenvalue weighted by atomic mass is 35.7. The molecular formula is C38H67ClN8O23S6. The second-order valence-corrected chi connectivity index (χ2v) is 25.0.